The number of imidazole rings is 1. The molecule has 0 aliphatic heterocycles. The Morgan fingerprint density at radius 1 is 1.53 bits per heavy atom. The third kappa shape index (κ3) is 1.37. The lowest BCUT2D eigenvalue weighted by molar-refractivity contribution is 0.518. The maximum atomic E-state index is 12.0. The van der Waals surface area contributed by atoms with Crippen LogP contribution in [0, 0.1) is 0 Å². The van der Waals surface area contributed by atoms with E-state index in [4.69, 9.17) is 0 Å². The topological polar surface area (TPSA) is 39.8 Å². The Hall–Kier alpha value is -1.58. The zero-order valence-corrected chi connectivity index (χ0v) is 9.27. The largest absolute Gasteiger partial charge is 0.330 e. The zero-order chi connectivity index (χ0) is 11.0. The molecule has 0 aliphatic rings. The first-order chi connectivity index (χ1) is 7.16. The number of pyridine rings is 1. The van der Waals surface area contributed by atoms with Crippen molar-refractivity contribution in [2.45, 2.75) is 26.3 Å². The summed E-state index contributed by atoms with van der Waals surface area (Å²) in [5.74, 6) is 0. The summed E-state index contributed by atoms with van der Waals surface area (Å²) in [7, 11) is 1.78. The van der Waals surface area contributed by atoms with Gasteiger partial charge in [0, 0.05) is 19.3 Å². The molecule has 4 nitrogen and oxygen atoms in total. The molecule has 80 valence electrons. The Morgan fingerprint density at radius 3 is 2.93 bits per heavy atom. The second-order valence-electron chi connectivity index (χ2n) is 3.81. The highest BCUT2D eigenvalue weighted by molar-refractivity contribution is 5.71. The Labute approximate surface area is 88.2 Å². The molecule has 0 aromatic carbocycles. The van der Waals surface area contributed by atoms with Crippen LogP contribution in [0.15, 0.2) is 23.1 Å². The van der Waals surface area contributed by atoms with Crippen LogP contribution < -0.4 is 5.69 Å². The van der Waals surface area contributed by atoms with E-state index in [1.54, 1.807) is 22.4 Å². The highest BCUT2D eigenvalue weighted by atomic mass is 16.1. The average Bonchev–Trinajstić information content (AvgIpc) is 2.52. The van der Waals surface area contributed by atoms with Gasteiger partial charge in [0.15, 0.2) is 5.65 Å². The molecule has 0 saturated carbocycles. The van der Waals surface area contributed by atoms with Crippen LogP contribution in [0.2, 0.25) is 0 Å². The van der Waals surface area contributed by atoms with Crippen molar-refractivity contribution in [2.24, 2.45) is 7.05 Å². The number of aryl methyl sites for hydroxylation is 1. The van der Waals surface area contributed by atoms with Crippen molar-refractivity contribution in [3.05, 3.63) is 28.8 Å². The van der Waals surface area contributed by atoms with E-state index in [9.17, 15) is 4.79 Å². The molecule has 0 spiro atoms. The van der Waals surface area contributed by atoms with Gasteiger partial charge in [-0.25, -0.2) is 9.78 Å². The molecule has 4 heteroatoms. The van der Waals surface area contributed by atoms with Crippen molar-refractivity contribution in [3.8, 4) is 0 Å². The van der Waals surface area contributed by atoms with Gasteiger partial charge in [-0.3, -0.25) is 9.13 Å². The fraction of sp³-hybridized carbons (Fsp3) is 0.455. The molecule has 0 amide bonds. The zero-order valence-electron chi connectivity index (χ0n) is 9.27. The molecule has 15 heavy (non-hydrogen) atoms. The van der Waals surface area contributed by atoms with Crippen LogP contribution in [0.5, 0.6) is 0 Å². The van der Waals surface area contributed by atoms with E-state index >= 15 is 0 Å². The van der Waals surface area contributed by atoms with Gasteiger partial charge in [0.05, 0.1) is 5.52 Å². The minimum Gasteiger partial charge on any atom is -0.293 e. The number of nitrogens with zero attached hydrogens (tertiary/aromatic N) is 3. The standard InChI is InChI=1S/C11H15N3O/c1-4-8(2)14-10-9(6-5-7-12-10)13(3)11(14)15/h5-8H,4H2,1-3H3. The van der Waals surface area contributed by atoms with Crippen LogP contribution in [0.4, 0.5) is 0 Å². The SMILES string of the molecule is CCC(C)n1c(=O)n(C)c2cccnc21. The Morgan fingerprint density at radius 2 is 2.27 bits per heavy atom. The molecule has 0 radical (unpaired) electrons. The Kier molecular flexibility index (Phi) is 2.34. The molecule has 2 aromatic rings. The van der Waals surface area contributed by atoms with E-state index in [0.717, 1.165) is 17.6 Å². The highest BCUT2D eigenvalue weighted by Crippen LogP contribution is 2.15. The Bertz CT molecular complexity index is 538. The first-order valence-electron chi connectivity index (χ1n) is 5.18. The van der Waals surface area contributed by atoms with Crippen molar-refractivity contribution in [1.82, 2.24) is 14.1 Å². The summed E-state index contributed by atoms with van der Waals surface area (Å²) in [6, 6.07) is 3.96. The molecule has 0 bridgehead atoms. The number of rotatable bonds is 2. The summed E-state index contributed by atoms with van der Waals surface area (Å²) in [5, 5.41) is 0. The number of hydrogen-bond acceptors (Lipinski definition) is 2. The quantitative estimate of drug-likeness (QED) is 0.748. The molecule has 0 N–H and O–H groups in total. The van der Waals surface area contributed by atoms with Crippen LogP contribution in [-0.4, -0.2) is 14.1 Å². The lowest BCUT2D eigenvalue weighted by Crippen LogP contribution is -2.24. The number of hydrogen-bond donors (Lipinski definition) is 0. The van der Waals surface area contributed by atoms with Crippen LogP contribution in [0.1, 0.15) is 26.3 Å². The first kappa shape index (κ1) is 9.96. The average molecular weight is 205 g/mol. The maximum absolute atomic E-state index is 12.0. The number of fused-ring (bicyclic) bond motifs is 1. The molecule has 0 aliphatic carbocycles. The smallest absolute Gasteiger partial charge is 0.293 e. The Balaban J connectivity index is 2.84. The van der Waals surface area contributed by atoms with Gasteiger partial charge >= 0.3 is 5.69 Å². The van der Waals surface area contributed by atoms with E-state index in [-0.39, 0.29) is 11.7 Å². The van der Waals surface area contributed by atoms with E-state index in [2.05, 4.69) is 11.9 Å². The predicted octanol–water partition coefficient (Wildman–Crippen LogP) is 1.71. The van der Waals surface area contributed by atoms with E-state index in [0.29, 0.717) is 0 Å². The van der Waals surface area contributed by atoms with Crippen molar-refractivity contribution in [1.29, 1.82) is 0 Å². The summed E-state index contributed by atoms with van der Waals surface area (Å²) in [5.41, 5.74) is 1.68. The van der Waals surface area contributed by atoms with Crippen molar-refractivity contribution < 1.29 is 0 Å². The molecule has 2 rings (SSSR count). The fourth-order valence-electron chi connectivity index (χ4n) is 1.77. The molecule has 0 saturated heterocycles. The molecule has 1 atom stereocenters. The van der Waals surface area contributed by atoms with Gasteiger partial charge in [-0.05, 0) is 25.5 Å². The van der Waals surface area contributed by atoms with Gasteiger partial charge in [-0.1, -0.05) is 6.92 Å². The molecule has 2 heterocycles. The highest BCUT2D eigenvalue weighted by Gasteiger charge is 2.14. The summed E-state index contributed by atoms with van der Waals surface area (Å²) in [4.78, 5) is 16.2. The summed E-state index contributed by atoms with van der Waals surface area (Å²) >= 11 is 0. The summed E-state index contributed by atoms with van der Waals surface area (Å²) in [6.45, 7) is 4.11. The van der Waals surface area contributed by atoms with Gasteiger partial charge in [0.25, 0.3) is 0 Å². The third-order valence-corrected chi connectivity index (χ3v) is 2.88. The second kappa shape index (κ2) is 3.53. The summed E-state index contributed by atoms with van der Waals surface area (Å²) in [6.07, 6.45) is 2.65. The van der Waals surface area contributed by atoms with Gasteiger partial charge in [-0.2, -0.15) is 0 Å². The van der Waals surface area contributed by atoms with Gasteiger partial charge in [-0.15, -0.1) is 0 Å². The van der Waals surface area contributed by atoms with Gasteiger partial charge in [0.2, 0.25) is 0 Å². The maximum Gasteiger partial charge on any atom is 0.330 e. The molecular weight excluding hydrogens is 190 g/mol. The first-order valence-corrected chi connectivity index (χ1v) is 5.18. The lowest BCUT2D eigenvalue weighted by Gasteiger charge is -2.09. The number of aromatic nitrogens is 3. The second-order valence-corrected chi connectivity index (χ2v) is 3.81. The van der Waals surface area contributed by atoms with Gasteiger partial charge < -0.3 is 0 Å². The van der Waals surface area contributed by atoms with Gasteiger partial charge in [0.1, 0.15) is 0 Å². The van der Waals surface area contributed by atoms with Crippen molar-refractivity contribution >= 4 is 11.2 Å². The molecule has 0 fully saturated rings. The van der Waals surface area contributed by atoms with Crippen LogP contribution in [-0.2, 0) is 7.05 Å². The normalized spacial score (nSPS) is 13.3. The summed E-state index contributed by atoms with van der Waals surface area (Å²) < 4.78 is 3.41. The van der Waals surface area contributed by atoms with E-state index in [1.807, 2.05) is 19.1 Å². The van der Waals surface area contributed by atoms with Crippen LogP contribution in [0.25, 0.3) is 11.2 Å². The minimum absolute atomic E-state index is 0.0121. The minimum atomic E-state index is 0.0121. The molecule has 1 unspecified atom stereocenters. The molecular formula is C11H15N3O. The van der Waals surface area contributed by atoms with Crippen molar-refractivity contribution in [2.75, 3.05) is 0 Å². The van der Waals surface area contributed by atoms with Crippen molar-refractivity contribution in [3.63, 3.8) is 0 Å². The monoisotopic (exact) mass is 205 g/mol. The van der Waals surface area contributed by atoms with E-state index < -0.39 is 0 Å². The third-order valence-electron chi connectivity index (χ3n) is 2.88. The molecule has 2 aromatic heterocycles. The lowest BCUT2D eigenvalue weighted by atomic mass is 10.2. The van der Waals surface area contributed by atoms with E-state index in [1.165, 1.54) is 0 Å². The fourth-order valence-corrected chi connectivity index (χ4v) is 1.77. The van der Waals surface area contributed by atoms with Crippen LogP contribution in [0.3, 0.4) is 0 Å². The van der Waals surface area contributed by atoms with Crippen LogP contribution >= 0.6 is 0 Å². The predicted molar refractivity (Wildman–Crippen MR) is 60.0 cm³/mol.